The Bertz CT molecular complexity index is 1960. The Morgan fingerprint density at radius 3 is 2.38 bits per heavy atom. The van der Waals surface area contributed by atoms with Gasteiger partial charge in [0, 0.05) is 18.0 Å². The smallest absolute Gasteiger partial charge is 0.414 e. The predicted octanol–water partition coefficient (Wildman–Crippen LogP) is 8.08. The average molecular weight is 775 g/mol. The third-order valence-electron chi connectivity index (χ3n) is 9.64. The molecule has 280 valence electrons. The van der Waals surface area contributed by atoms with E-state index in [-0.39, 0.29) is 70.0 Å². The Balaban J connectivity index is 1.50. The summed E-state index contributed by atoms with van der Waals surface area (Å²) in [6.45, 7) is 0.765. The fraction of sp³-hybridized carbons (Fsp3) is 0.342. The van der Waals surface area contributed by atoms with Crippen molar-refractivity contribution < 1.29 is 46.8 Å². The van der Waals surface area contributed by atoms with Gasteiger partial charge in [-0.1, -0.05) is 47.5 Å². The summed E-state index contributed by atoms with van der Waals surface area (Å²) in [4.78, 5) is 30.6. The summed E-state index contributed by atoms with van der Waals surface area (Å²) >= 11 is 13.1. The SMILES string of the molecule is CCOc1cc([C@H](Cc2c(Cl)c[n+]([O-])cc2Cl)c2c(CN(C(=O)O[C@H]3CN4CCC3CC4)c3cccc(F)c3)cccc2C(=O)O)ccc1OC(F)F. The number of halogens is 5. The number of piperidine rings is 3. The first kappa shape index (κ1) is 38.0. The van der Waals surface area contributed by atoms with Crippen molar-refractivity contribution in [3.05, 3.63) is 122 Å². The zero-order valence-corrected chi connectivity index (χ0v) is 30.0. The molecule has 1 N–H and O–H groups in total. The van der Waals surface area contributed by atoms with E-state index in [0.29, 0.717) is 28.0 Å². The molecule has 3 fully saturated rings. The maximum Gasteiger partial charge on any atom is 0.414 e. The zero-order valence-electron chi connectivity index (χ0n) is 28.5. The molecule has 3 saturated heterocycles. The maximum atomic E-state index is 14.7. The highest BCUT2D eigenvalue weighted by atomic mass is 35.5. The van der Waals surface area contributed by atoms with E-state index in [1.165, 1.54) is 53.4 Å². The van der Waals surface area contributed by atoms with Crippen LogP contribution in [-0.4, -0.2) is 61.0 Å². The molecule has 2 bridgehead atoms. The molecule has 4 heterocycles. The van der Waals surface area contributed by atoms with E-state index in [2.05, 4.69) is 9.64 Å². The van der Waals surface area contributed by atoms with E-state index in [4.69, 9.17) is 32.7 Å². The van der Waals surface area contributed by atoms with Crippen LogP contribution in [0.1, 0.15) is 58.3 Å². The van der Waals surface area contributed by atoms with Gasteiger partial charge in [0.2, 0.25) is 0 Å². The molecule has 15 heteroatoms. The van der Waals surface area contributed by atoms with Crippen molar-refractivity contribution in [1.29, 1.82) is 0 Å². The van der Waals surface area contributed by atoms with E-state index >= 15 is 0 Å². The molecule has 0 spiro atoms. The second-order valence-corrected chi connectivity index (χ2v) is 13.7. The molecule has 2 atom stereocenters. The van der Waals surface area contributed by atoms with Crippen LogP contribution in [0.4, 0.5) is 23.7 Å². The highest BCUT2D eigenvalue weighted by Crippen LogP contribution is 2.41. The predicted molar refractivity (Wildman–Crippen MR) is 191 cm³/mol. The van der Waals surface area contributed by atoms with Crippen molar-refractivity contribution in [1.82, 2.24) is 4.90 Å². The summed E-state index contributed by atoms with van der Waals surface area (Å²) < 4.78 is 58.2. The largest absolute Gasteiger partial charge is 0.619 e. The third-order valence-corrected chi connectivity index (χ3v) is 10.3. The molecule has 3 aliphatic rings. The number of rotatable bonds is 13. The molecule has 7 rings (SSSR count). The number of fused-ring (bicyclic) bond motifs is 3. The van der Waals surface area contributed by atoms with E-state index in [0.717, 1.165) is 38.3 Å². The van der Waals surface area contributed by atoms with Gasteiger partial charge in [-0.2, -0.15) is 13.5 Å². The van der Waals surface area contributed by atoms with Crippen LogP contribution in [0, 0.1) is 16.9 Å². The first-order valence-electron chi connectivity index (χ1n) is 17.0. The molecule has 0 aliphatic carbocycles. The molecule has 0 saturated carbocycles. The Morgan fingerprint density at radius 2 is 1.75 bits per heavy atom. The third kappa shape index (κ3) is 8.75. The molecule has 0 radical (unpaired) electrons. The second-order valence-electron chi connectivity index (χ2n) is 12.9. The van der Waals surface area contributed by atoms with Gasteiger partial charge in [-0.05, 0) is 98.3 Å². The van der Waals surface area contributed by atoms with Crippen LogP contribution < -0.4 is 19.1 Å². The lowest BCUT2D eigenvalue weighted by molar-refractivity contribution is -0.605. The standard InChI is InChI=1S/C38H36Cl2F3N3O7/c1-2-51-33-15-23(9-10-32(33)52-37(42)43)28(17-29-30(39)19-45(50)20-31(29)40)35-24(5-3-8-27(35)36(47)48)18-46(26-7-4-6-25(41)16-26)38(49)53-34-21-44-13-11-22(34)12-14-44/h3-10,15-16,19-20,22,28,34,37H,2,11-14,17-18,21H2,1H3,(H,47,48)/t28-,34-/m0/s1. The van der Waals surface area contributed by atoms with Gasteiger partial charge in [-0.3, -0.25) is 9.80 Å². The first-order valence-corrected chi connectivity index (χ1v) is 17.8. The summed E-state index contributed by atoms with van der Waals surface area (Å²) in [6, 6.07) is 14.2. The Kier molecular flexibility index (Phi) is 11.9. The topological polar surface area (TPSA) is 115 Å². The molecule has 1 aromatic heterocycles. The fourth-order valence-corrected chi connectivity index (χ4v) is 7.78. The van der Waals surface area contributed by atoms with Crippen LogP contribution in [-0.2, 0) is 17.7 Å². The van der Waals surface area contributed by atoms with Gasteiger partial charge in [0.1, 0.15) is 22.0 Å². The number of alkyl halides is 2. The van der Waals surface area contributed by atoms with Gasteiger partial charge < -0.3 is 24.5 Å². The summed E-state index contributed by atoms with van der Waals surface area (Å²) in [6.07, 6.45) is 2.77. The van der Waals surface area contributed by atoms with Crippen LogP contribution in [0.25, 0.3) is 0 Å². The molecule has 10 nitrogen and oxygen atoms in total. The van der Waals surface area contributed by atoms with Gasteiger partial charge in [0.15, 0.2) is 23.9 Å². The van der Waals surface area contributed by atoms with Crippen LogP contribution in [0.5, 0.6) is 11.5 Å². The molecule has 4 aromatic rings. The lowest BCUT2D eigenvalue weighted by atomic mass is 9.80. The molecule has 53 heavy (non-hydrogen) atoms. The molecule has 0 unspecified atom stereocenters. The number of carbonyl (C=O) groups excluding carboxylic acids is 1. The molecule has 1 amide bonds. The van der Waals surface area contributed by atoms with Gasteiger partial charge in [0.05, 0.1) is 24.4 Å². The maximum absolute atomic E-state index is 14.7. The number of carboxylic acid groups (broad SMARTS) is 1. The van der Waals surface area contributed by atoms with Crippen LogP contribution in [0.15, 0.2) is 73.1 Å². The van der Waals surface area contributed by atoms with Gasteiger partial charge >= 0.3 is 18.7 Å². The molecular weight excluding hydrogens is 738 g/mol. The number of benzene rings is 3. The number of aromatic carboxylic acids is 1. The zero-order chi connectivity index (χ0) is 37.8. The Hall–Kier alpha value is -4.72. The van der Waals surface area contributed by atoms with Crippen LogP contribution in [0.2, 0.25) is 10.0 Å². The minimum Gasteiger partial charge on any atom is -0.619 e. The number of ether oxygens (including phenoxy) is 3. The minimum atomic E-state index is -3.15. The van der Waals surface area contributed by atoms with Gasteiger partial charge in [-0.15, -0.1) is 0 Å². The Morgan fingerprint density at radius 1 is 1.04 bits per heavy atom. The molecular formula is C38H36Cl2F3N3O7. The Labute approximate surface area is 313 Å². The van der Waals surface area contributed by atoms with Gasteiger partial charge in [0.25, 0.3) is 0 Å². The summed E-state index contributed by atoms with van der Waals surface area (Å²) in [5.74, 6) is -2.94. The molecule has 3 aromatic carbocycles. The number of aromatic nitrogens is 1. The summed E-state index contributed by atoms with van der Waals surface area (Å²) in [5.41, 5.74) is 1.28. The number of carboxylic acids is 1. The van der Waals surface area contributed by atoms with E-state index in [1.807, 2.05) is 0 Å². The average Bonchev–Trinajstić information content (AvgIpc) is 3.11. The van der Waals surface area contributed by atoms with Crippen molar-refractivity contribution in [2.24, 2.45) is 5.92 Å². The van der Waals surface area contributed by atoms with Crippen molar-refractivity contribution in [3.8, 4) is 11.5 Å². The van der Waals surface area contributed by atoms with E-state index < -0.39 is 30.4 Å². The monoisotopic (exact) mass is 773 g/mol. The van der Waals surface area contributed by atoms with Crippen molar-refractivity contribution in [3.63, 3.8) is 0 Å². The lowest BCUT2D eigenvalue weighted by Crippen LogP contribution is -2.53. The van der Waals surface area contributed by atoms with Gasteiger partial charge in [-0.25, -0.2) is 14.0 Å². The number of carbonyl (C=O) groups is 2. The highest BCUT2D eigenvalue weighted by Gasteiger charge is 2.38. The highest BCUT2D eigenvalue weighted by molar-refractivity contribution is 6.35. The fourth-order valence-electron chi connectivity index (χ4n) is 7.18. The normalized spacial score (nSPS) is 18.4. The molecule has 3 aliphatic heterocycles. The number of pyridine rings is 1. The number of nitrogens with zero attached hydrogens (tertiary/aromatic N) is 3. The van der Waals surface area contributed by atoms with E-state index in [1.54, 1.807) is 19.1 Å². The number of amides is 1. The first-order chi connectivity index (χ1) is 25.4. The van der Waals surface area contributed by atoms with Crippen molar-refractivity contribution in [2.75, 3.05) is 31.1 Å². The number of anilines is 1. The lowest BCUT2D eigenvalue weighted by Gasteiger charge is -2.44. The van der Waals surface area contributed by atoms with Crippen molar-refractivity contribution in [2.45, 2.75) is 51.4 Å². The van der Waals surface area contributed by atoms with E-state index in [9.17, 15) is 33.1 Å². The van der Waals surface area contributed by atoms with Crippen molar-refractivity contribution >= 4 is 41.0 Å². The van der Waals surface area contributed by atoms with Crippen LogP contribution in [0.3, 0.4) is 0 Å². The summed E-state index contributed by atoms with van der Waals surface area (Å²) in [7, 11) is 0. The van der Waals surface area contributed by atoms with Crippen LogP contribution >= 0.6 is 23.2 Å². The quantitative estimate of drug-likeness (QED) is 0.107. The number of hydrogen-bond donors (Lipinski definition) is 1. The summed E-state index contributed by atoms with van der Waals surface area (Å²) in [5, 5.41) is 22.7. The number of hydrogen-bond acceptors (Lipinski definition) is 7. The minimum absolute atomic E-state index is 0.00275. The second kappa shape index (κ2) is 16.5.